The van der Waals surface area contributed by atoms with Crippen molar-refractivity contribution < 1.29 is 14.3 Å². The second kappa shape index (κ2) is 10.5. The summed E-state index contributed by atoms with van der Waals surface area (Å²) >= 11 is 12.1. The SMILES string of the molecule is COc1ccc(CNC(=O)CNC(=O)Cc2c(C)nn(-c3ccc(Cl)c(Cl)c3)c2C)cc1. The number of amides is 2. The van der Waals surface area contributed by atoms with E-state index < -0.39 is 0 Å². The van der Waals surface area contributed by atoms with Crippen LogP contribution in [-0.4, -0.2) is 35.2 Å². The Hall–Kier alpha value is -3.03. The zero-order valence-corrected chi connectivity index (χ0v) is 19.5. The highest BCUT2D eigenvalue weighted by molar-refractivity contribution is 6.42. The molecule has 0 saturated carbocycles. The summed E-state index contributed by atoms with van der Waals surface area (Å²) < 4.78 is 6.83. The van der Waals surface area contributed by atoms with Gasteiger partial charge in [0.1, 0.15) is 5.75 Å². The van der Waals surface area contributed by atoms with Gasteiger partial charge in [0.05, 0.1) is 41.5 Å². The first-order valence-corrected chi connectivity index (χ1v) is 10.7. The molecule has 0 spiro atoms. The molecule has 9 heteroatoms. The number of halogens is 2. The molecule has 1 aromatic heterocycles. The second-order valence-corrected chi connectivity index (χ2v) is 8.05. The van der Waals surface area contributed by atoms with Crippen molar-refractivity contribution in [1.82, 2.24) is 20.4 Å². The minimum absolute atomic E-state index is 0.103. The molecular formula is C23H24Cl2N4O3. The highest BCUT2D eigenvalue weighted by atomic mass is 35.5. The molecule has 7 nitrogen and oxygen atoms in total. The first kappa shape index (κ1) is 23.6. The van der Waals surface area contributed by atoms with Crippen molar-refractivity contribution in [2.24, 2.45) is 0 Å². The number of carbonyl (C=O) groups is 2. The van der Waals surface area contributed by atoms with Crippen LogP contribution in [0.1, 0.15) is 22.5 Å². The molecule has 0 unspecified atom stereocenters. The van der Waals surface area contributed by atoms with Gasteiger partial charge in [0.25, 0.3) is 0 Å². The number of methoxy groups -OCH3 is 1. The molecule has 0 bridgehead atoms. The van der Waals surface area contributed by atoms with Crippen LogP contribution in [0.25, 0.3) is 5.69 Å². The van der Waals surface area contributed by atoms with Crippen LogP contribution < -0.4 is 15.4 Å². The molecule has 0 aliphatic rings. The van der Waals surface area contributed by atoms with Gasteiger partial charge in [-0.3, -0.25) is 9.59 Å². The van der Waals surface area contributed by atoms with Gasteiger partial charge >= 0.3 is 0 Å². The number of hydrogen-bond acceptors (Lipinski definition) is 4. The van der Waals surface area contributed by atoms with E-state index in [1.54, 1.807) is 23.9 Å². The summed E-state index contributed by atoms with van der Waals surface area (Å²) in [5.74, 6) is 0.221. The van der Waals surface area contributed by atoms with E-state index in [0.717, 1.165) is 34.0 Å². The summed E-state index contributed by atoms with van der Waals surface area (Å²) in [5, 5.41) is 10.8. The summed E-state index contributed by atoms with van der Waals surface area (Å²) in [6, 6.07) is 12.6. The van der Waals surface area contributed by atoms with Crippen LogP contribution in [0.3, 0.4) is 0 Å². The predicted octanol–water partition coefficient (Wildman–Crippen LogP) is 3.78. The largest absolute Gasteiger partial charge is 0.497 e. The molecule has 2 aromatic carbocycles. The van der Waals surface area contributed by atoms with Crippen LogP contribution in [0.15, 0.2) is 42.5 Å². The third kappa shape index (κ3) is 5.81. The molecule has 0 radical (unpaired) electrons. The smallest absolute Gasteiger partial charge is 0.239 e. The fourth-order valence-electron chi connectivity index (χ4n) is 3.21. The topological polar surface area (TPSA) is 85.2 Å². The Labute approximate surface area is 196 Å². The lowest BCUT2D eigenvalue weighted by Crippen LogP contribution is -2.37. The lowest BCUT2D eigenvalue weighted by Gasteiger charge is -2.09. The van der Waals surface area contributed by atoms with Crippen LogP contribution in [-0.2, 0) is 22.6 Å². The van der Waals surface area contributed by atoms with Gasteiger partial charge in [-0.15, -0.1) is 0 Å². The van der Waals surface area contributed by atoms with Gasteiger partial charge < -0.3 is 15.4 Å². The number of nitrogens with one attached hydrogen (secondary N) is 2. The van der Waals surface area contributed by atoms with Crippen LogP contribution in [0.4, 0.5) is 0 Å². The normalized spacial score (nSPS) is 10.7. The van der Waals surface area contributed by atoms with Gasteiger partial charge in [0, 0.05) is 17.8 Å². The molecule has 3 rings (SSSR count). The van der Waals surface area contributed by atoms with E-state index in [4.69, 9.17) is 27.9 Å². The molecule has 0 saturated heterocycles. The molecule has 2 N–H and O–H groups in total. The first-order chi connectivity index (χ1) is 15.3. The van der Waals surface area contributed by atoms with Crippen LogP contribution in [0.2, 0.25) is 10.0 Å². The number of rotatable bonds is 8. The number of ether oxygens (including phenoxy) is 1. The lowest BCUT2D eigenvalue weighted by molar-refractivity contribution is -0.125. The number of aromatic nitrogens is 2. The summed E-state index contributed by atoms with van der Waals surface area (Å²) in [7, 11) is 1.60. The maximum absolute atomic E-state index is 12.4. The average Bonchev–Trinajstić information content (AvgIpc) is 3.06. The molecule has 1 heterocycles. The van der Waals surface area contributed by atoms with Crippen molar-refractivity contribution in [3.8, 4) is 11.4 Å². The van der Waals surface area contributed by atoms with E-state index in [0.29, 0.717) is 16.6 Å². The number of carbonyl (C=O) groups excluding carboxylic acids is 2. The zero-order valence-electron chi connectivity index (χ0n) is 18.0. The van der Waals surface area contributed by atoms with Crippen molar-refractivity contribution in [2.45, 2.75) is 26.8 Å². The fourth-order valence-corrected chi connectivity index (χ4v) is 3.50. The molecule has 32 heavy (non-hydrogen) atoms. The van der Waals surface area contributed by atoms with E-state index in [2.05, 4.69) is 15.7 Å². The Morgan fingerprint density at radius 1 is 1.00 bits per heavy atom. The van der Waals surface area contributed by atoms with Crippen molar-refractivity contribution >= 4 is 35.0 Å². The zero-order chi connectivity index (χ0) is 23.3. The van der Waals surface area contributed by atoms with E-state index in [-0.39, 0.29) is 24.8 Å². The Morgan fingerprint density at radius 3 is 2.38 bits per heavy atom. The Balaban J connectivity index is 1.54. The minimum atomic E-state index is -0.269. The van der Waals surface area contributed by atoms with E-state index in [1.165, 1.54) is 0 Å². The highest BCUT2D eigenvalue weighted by Gasteiger charge is 2.17. The molecule has 0 fully saturated rings. The molecule has 0 aliphatic heterocycles. The van der Waals surface area contributed by atoms with E-state index in [1.807, 2.05) is 44.2 Å². The van der Waals surface area contributed by atoms with Gasteiger partial charge in [-0.2, -0.15) is 5.10 Å². The van der Waals surface area contributed by atoms with Crippen molar-refractivity contribution in [3.63, 3.8) is 0 Å². The third-order valence-electron chi connectivity index (χ3n) is 5.02. The first-order valence-electron chi connectivity index (χ1n) is 9.95. The summed E-state index contributed by atoms with van der Waals surface area (Å²) in [5.41, 5.74) is 4.04. The van der Waals surface area contributed by atoms with Gasteiger partial charge in [-0.1, -0.05) is 35.3 Å². The van der Waals surface area contributed by atoms with E-state index >= 15 is 0 Å². The quantitative estimate of drug-likeness (QED) is 0.520. The Kier molecular flexibility index (Phi) is 7.77. The highest BCUT2D eigenvalue weighted by Crippen LogP contribution is 2.26. The molecule has 0 atom stereocenters. The van der Waals surface area contributed by atoms with Crippen LogP contribution in [0, 0.1) is 13.8 Å². The Bertz CT molecular complexity index is 1130. The molecular weight excluding hydrogens is 451 g/mol. The monoisotopic (exact) mass is 474 g/mol. The van der Waals surface area contributed by atoms with E-state index in [9.17, 15) is 9.59 Å². The summed E-state index contributed by atoms with van der Waals surface area (Å²) in [4.78, 5) is 24.5. The summed E-state index contributed by atoms with van der Waals surface area (Å²) in [6.45, 7) is 3.99. The van der Waals surface area contributed by atoms with Gasteiger partial charge in [-0.25, -0.2) is 4.68 Å². The molecule has 0 aliphatic carbocycles. The Morgan fingerprint density at radius 2 is 1.72 bits per heavy atom. The fraction of sp³-hybridized carbons (Fsp3) is 0.261. The predicted molar refractivity (Wildman–Crippen MR) is 125 cm³/mol. The second-order valence-electron chi connectivity index (χ2n) is 7.24. The number of benzene rings is 2. The van der Waals surface area contributed by atoms with Crippen molar-refractivity contribution in [3.05, 3.63) is 75.0 Å². The van der Waals surface area contributed by atoms with Gasteiger partial charge in [0.15, 0.2) is 0 Å². The number of hydrogen-bond donors (Lipinski definition) is 2. The van der Waals surface area contributed by atoms with Gasteiger partial charge in [0.2, 0.25) is 11.8 Å². The number of aryl methyl sites for hydroxylation is 1. The molecule has 168 valence electrons. The maximum atomic E-state index is 12.4. The van der Waals surface area contributed by atoms with Crippen molar-refractivity contribution in [2.75, 3.05) is 13.7 Å². The third-order valence-corrected chi connectivity index (χ3v) is 5.76. The lowest BCUT2D eigenvalue weighted by atomic mass is 10.1. The van der Waals surface area contributed by atoms with Crippen molar-refractivity contribution in [1.29, 1.82) is 0 Å². The minimum Gasteiger partial charge on any atom is -0.497 e. The number of nitrogens with zero attached hydrogens (tertiary/aromatic N) is 2. The molecule has 3 aromatic rings. The van der Waals surface area contributed by atoms with Crippen LogP contribution >= 0.6 is 23.2 Å². The molecule has 2 amide bonds. The summed E-state index contributed by atoms with van der Waals surface area (Å²) in [6.07, 6.45) is 0.116. The van der Waals surface area contributed by atoms with Gasteiger partial charge in [-0.05, 0) is 49.7 Å². The van der Waals surface area contributed by atoms with Crippen LogP contribution in [0.5, 0.6) is 5.75 Å². The maximum Gasteiger partial charge on any atom is 0.239 e. The standard InChI is InChI=1S/C23H24Cl2N4O3/c1-14-19(15(2)29(28-14)17-6-9-20(24)21(25)10-17)11-22(30)27-13-23(31)26-12-16-4-7-18(32-3)8-5-16/h4-10H,11-13H2,1-3H3,(H,26,31)(H,27,30). The average molecular weight is 475 g/mol.